The smallest absolute Gasteiger partial charge is 0.246 e. The zero-order valence-corrected chi connectivity index (χ0v) is 14.7. The lowest BCUT2D eigenvalue weighted by Gasteiger charge is -2.33. The second-order valence-corrected chi connectivity index (χ2v) is 6.24. The number of hydrogen-bond acceptors (Lipinski definition) is 3. The number of aryl methyl sites for hydroxylation is 2. The molecule has 0 fully saturated rings. The third kappa shape index (κ3) is 4.31. The Balaban J connectivity index is 2.22. The highest BCUT2D eigenvalue weighted by atomic mass is 16.2. The molecule has 1 unspecified atom stereocenters. The summed E-state index contributed by atoms with van der Waals surface area (Å²) in [5, 5.41) is 0. The van der Waals surface area contributed by atoms with Crippen LogP contribution in [0.25, 0.3) is 0 Å². The molecule has 0 saturated heterocycles. The average molecular weight is 326 g/mol. The van der Waals surface area contributed by atoms with Gasteiger partial charge in [0.15, 0.2) is 0 Å². The van der Waals surface area contributed by atoms with Gasteiger partial charge in [-0.25, -0.2) is 4.99 Å². The summed E-state index contributed by atoms with van der Waals surface area (Å²) in [7, 11) is 0. The molecule has 128 valence electrons. The van der Waals surface area contributed by atoms with Gasteiger partial charge in [-0.15, -0.1) is 0 Å². The summed E-state index contributed by atoms with van der Waals surface area (Å²) in [6.07, 6.45) is 2.95. The second kappa shape index (κ2) is 7.90. The molecular formula is C19H26N4O. The molecule has 5 heteroatoms. The van der Waals surface area contributed by atoms with E-state index in [1.54, 1.807) is 6.92 Å². The summed E-state index contributed by atoms with van der Waals surface area (Å²) < 4.78 is 0. The fourth-order valence-corrected chi connectivity index (χ4v) is 3.00. The number of aliphatic imine (C=N–C) groups is 2. The van der Waals surface area contributed by atoms with Crippen LogP contribution in [0, 0.1) is 13.8 Å². The number of carbonyl (C=O) groups is 1. The summed E-state index contributed by atoms with van der Waals surface area (Å²) in [5.41, 5.74) is 9.20. The van der Waals surface area contributed by atoms with Crippen LogP contribution in [0.2, 0.25) is 0 Å². The average Bonchev–Trinajstić information content (AvgIpc) is 2.54. The molecule has 0 spiro atoms. The first-order chi connectivity index (χ1) is 11.4. The second-order valence-electron chi connectivity index (χ2n) is 6.24. The molecule has 0 radical (unpaired) electrons. The molecule has 1 aliphatic rings. The first-order valence-electron chi connectivity index (χ1n) is 8.24. The predicted molar refractivity (Wildman–Crippen MR) is 99.3 cm³/mol. The SMILES string of the molecule is C=CC(=O)N(Cc1c(C)cccc1C)C1CCC(N=C(C)N)=NC1. The Hall–Kier alpha value is -2.43. The van der Waals surface area contributed by atoms with E-state index >= 15 is 0 Å². The van der Waals surface area contributed by atoms with Crippen molar-refractivity contribution in [1.82, 2.24) is 4.90 Å². The van der Waals surface area contributed by atoms with Gasteiger partial charge < -0.3 is 10.6 Å². The Kier molecular flexibility index (Phi) is 5.90. The number of carbonyl (C=O) groups excluding carboxylic acids is 1. The molecule has 1 heterocycles. The highest BCUT2D eigenvalue weighted by Crippen LogP contribution is 2.21. The van der Waals surface area contributed by atoms with E-state index in [1.807, 2.05) is 11.0 Å². The Morgan fingerprint density at radius 3 is 2.62 bits per heavy atom. The molecule has 0 bridgehead atoms. The van der Waals surface area contributed by atoms with Crippen molar-refractivity contribution in [2.75, 3.05) is 6.54 Å². The lowest BCUT2D eigenvalue weighted by molar-refractivity contribution is -0.129. The van der Waals surface area contributed by atoms with Crippen molar-refractivity contribution in [3.8, 4) is 0 Å². The maximum atomic E-state index is 12.4. The van der Waals surface area contributed by atoms with E-state index in [0.29, 0.717) is 18.9 Å². The highest BCUT2D eigenvalue weighted by Gasteiger charge is 2.26. The number of nitrogens with two attached hydrogens (primary N) is 1. The van der Waals surface area contributed by atoms with Crippen molar-refractivity contribution in [3.63, 3.8) is 0 Å². The van der Waals surface area contributed by atoms with Gasteiger partial charge >= 0.3 is 0 Å². The van der Waals surface area contributed by atoms with E-state index in [0.717, 1.165) is 18.7 Å². The quantitative estimate of drug-likeness (QED) is 0.525. The minimum absolute atomic E-state index is 0.0557. The van der Waals surface area contributed by atoms with Crippen LogP contribution in [0.1, 0.15) is 36.5 Å². The van der Waals surface area contributed by atoms with Crippen LogP contribution in [-0.2, 0) is 11.3 Å². The Labute approximate surface area is 144 Å². The molecule has 0 aliphatic carbocycles. The maximum absolute atomic E-state index is 12.4. The molecule has 2 rings (SSSR count). The lowest BCUT2D eigenvalue weighted by Crippen LogP contribution is -2.43. The van der Waals surface area contributed by atoms with Crippen molar-refractivity contribution in [2.24, 2.45) is 15.7 Å². The largest absolute Gasteiger partial charge is 0.387 e. The standard InChI is InChI=1S/C19H26N4O/c1-5-19(24)23(12-17-13(2)7-6-8-14(17)3)16-9-10-18(21-11-16)22-15(4)20/h5-8,16H,1,9-12H2,2-4H3,(H2,20,21,22). The lowest BCUT2D eigenvalue weighted by atomic mass is 10.00. The van der Waals surface area contributed by atoms with Gasteiger partial charge in [0.25, 0.3) is 0 Å². The van der Waals surface area contributed by atoms with Crippen LogP contribution >= 0.6 is 0 Å². The van der Waals surface area contributed by atoms with Crippen LogP contribution in [0.15, 0.2) is 40.8 Å². The minimum Gasteiger partial charge on any atom is -0.387 e. The molecule has 1 aromatic rings. The first-order valence-corrected chi connectivity index (χ1v) is 8.24. The van der Waals surface area contributed by atoms with E-state index in [1.165, 1.54) is 22.8 Å². The molecular weight excluding hydrogens is 300 g/mol. The van der Waals surface area contributed by atoms with E-state index < -0.39 is 0 Å². The molecule has 1 aromatic carbocycles. The van der Waals surface area contributed by atoms with Crippen LogP contribution < -0.4 is 5.73 Å². The van der Waals surface area contributed by atoms with Crippen molar-refractivity contribution in [3.05, 3.63) is 47.5 Å². The van der Waals surface area contributed by atoms with E-state index in [4.69, 9.17) is 5.73 Å². The number of amidine groups is 2. The van der Waals surface area contributed by atoms with Crippen molar-refractivity contribution in [1.29, 1.82) is 0 Å². The molecule has 0 aromatic heterocycles. The van der Waals surface area contributed by atoms with Crippen molar-refractivity contribution in [2.45, 2.75) is 46.2 Å². The van der Waals surface area contributed by atoms with Gasteiger partial charge in [-0.2, -0.15) is 0 Å². The van der Waals surface area contributed by atoms with E-state index in [-0.39, 0.29) is 11.9 Å². The van der Waals surface area contributed by atoms with Gasteiger partial charge in [0.2, 0.25) is 5.91 Å². The topological polar surface area (TPSA) is 71.0 Å². The van der Waals surface area contributed by atoms with E-state index in [2.05, 4.69) is 42.5 Å². The number of benzene rings is 1. The molecule has 0 saturated carbocycles. The monoisotopic (exact) mass is 326 g/mol. The van der Waals surface area contributed by atoms with E-state index in [9.17, 15) is 4.79 Å². The van der Waals surface area contributed by atoms with Crippen LogP contribution in [0.5, 0.6) is 0 Å². The minimum atomic E-state index is -0.0557. The van der Waals surface area contributed by atoms with Crippen LogP contribution in [0.3, 0.4) is 0 Å². The number of hydrogen-bond donors (Lipinski definition) is 1. The molecule has 2 N–H and O–H groups in total. The Bertz CT molecular complexity index is 666. The summed E-state index contributed by atoms with van der Waals surface area (Å²) in [6.45, 7) is 10.7. The summed E-state index contributed by atoms with van der Waals surface area (Å²) in [6, 6.07) is 6.26. The molecule has 1 atom stereocenters. The van der Waals surface area contributed by atoms with Crippen LogP contribution in [0.4, 0.5) is 0 Å². The number of rotatable bonds is 4. The zero-order valence-electron chi connectivity index (χ0n) is 14.7. The van der Waals surface area contributed by atoms with Crippen LogP contribution in [-0.4, -0.2) is 35.1 Å². The molecule has 1 amide bonds. The van der Waals surface area contributed by atoms with Gasteiger partial charge in [0, 0.05) is 13.0 Å². The highest BCUT2D eigenvalue weighted by molar-refractivity contribution is 5.95. The third-order valence-corrected chi connectivity index (χ3v) is 4.36. The first kappa shape index (κ1) is 17.9. The molecule has 24 heavy (non-hydrogen) atoms. The third-order valence-electron chi connectivity index (χ3n) is 4.36. The Morgan fingerprint density at radius 2 is 2.12 bits per heavy atom. The fourth-order valence-electron chi connectivity index (χ4n) is 3.00. The van der Waals surface area contributed by atoms with Gasteiger partial charge in [0.05, 0.1) is 18.4 Å². The summed E-state index contributed by atoms with van der Waals surface area (Å²) in [5.74, 6) is 1.23. The maximum Gasteiger partial charge on any atom is 0.246 e. The normalized spacial score (nSPS) is 18.0. The van der Waals surface area contributed by atoms with Gasteiger partial charge in [-0.05, 0) is 50.0 Å². The predicted octanol–water partition coefficient (Wildman–Crippen LogP) is 2.76. The number of nitrogens with zero attached hydrogens (tertiary/aromatic N) is 3. The zero-order chi connectivity index (χ0) is 17.7. The van der Waals surface area contributed by atoms with Gasteiger partial charge in [0.1, 0.15) is 5.84 Å². The Morgan fingerprint density at radius 1 is 1.46 bits per heavy atom. The summed E-state index contributed by atoms with van der Waals surface area (Å²) in [4.78, 5) is 23.0. The van der Waals surface area contributed by atoms with Crippen molar-refractivity contribution >= 4 is 17.6 Å². The van der Waals surface area contributed by atoms with Gasteiger partial charge in [-0.3, -0.25) is 9.79 Å². The molecule has 5 nitrogen and oxygen atoms in total. The fraction of sp³-hybridized carbons (Fsp3) is 0.421. The number of amides is 1. The van der Waals surface area contributed by atoms with Gasteiger partial charge in [-0.1, -0.05) is 24.8 Å². The summed E-state index contributed by atoms with van der Waals surface area (Å²) >= 11 is 0. The molecule has 1 aliphatic heterocycles. The van der Waals surface area contributed by atoms with Crippen molar-refractivity contribution < 1.29 is 4.79 Å².